The van der Waals surface area contributed by atoms with E-state index in [1.807, 2.05) is 0 Å². The molecule has 13 heteroatoms. The van der Waals surface area contributed by atoms with Crippen LogP contribution in [0.4, 0.5) is 16.4 Å². The maximum absolute atomic E-state index is 12.7. The minimum absolute atomic E-state index is 0.0257. The fourth-order valence-electron chi connectivity index (χ4n) is 2.86. The number of nitrogens with two attached hydrogens (primary N) is 1. The summed E-state index contributed by atoms with van der Waals surface area (Å²) >= 11 is 6.02. The number of nitrogens with one attached hydrogen (secondary N) is 1. The fourth-order valence-corrected chi connectivity index (χ4v) is 3.03. The van der Waals surface area contributed by atoms with Crippen molar-refractivity contribution in [2.75, 3.05) is 31.4 Å². The second-order valence-electron chi connectivity index (χ2n) is 6.85. The largest absolute Gasteiger partial charge is 0.493 e. The quantitative estimate of drug-likeness (QED) is 0.423. The van der Waals surface area contributed by atoms with Crippen LogP contribution >= 0.6 is 11.6 Å². The number of carbonyl (C=O) groups is 2. The number of hydrogen-bond acceptors (Lipinski definition) is 8. The van der Waals surface area contributed by atoms with Crippen molar-refractivity contribution in [1.82, 2.24) is 24.9 Å². The highest BCUT2D eigenvalue weighted by Crippen LogP contribution is 2.22. The minimum Gasteiger partial charge on any atom is -0.493 e. The number of amides is 2. The van der Waals surface area contributed by atoms with Crippen molar-refractivity contribution in [3.05, 3.63) is 40.8 Å². The molecule has 1 atom stereocenters. The molecular weight excluding hydrogens is 442 g/mol. The normalized spacial score (nSPS) is 11.9. The highest BCUT2D eigenvalue weighted by molar-refractivity contribution is 6.30. The number of fused-ring (bicyclic) bond motifs is 1. The molecule has 0 aromatic carbocycles. The zero-order valence-corrected chi connectivity index (χ0v) is 18.3. The predicted molar refractivity (Wildman–Crippen MR) is 116 cm³/mol. The maximum Gasteiger partial charge on any atom is 0.412 e. The van der Waals surface area contributed by atoms with Crippen LogP contribution in [0.3, 0.4) is 0 Å². The van der Waals surface area contributed by atoms with E-state index in [1.54, 1.807) is 19.1 Å². The van der Waals surface area contributed by atoms with E-state index in [1.165, 1.54) is 30.9 Å². The topological polar surface area (TPSA) is 157 Å². The fraction of sp³-hybridized carbons (Fsp3) is 0.316. The van der Waals surface area contributed by atoms with Gasteiger partial charge in [0.1, 0.15) is 16.5 Å². The van der Waals surface area contributed by atoms with Gasteiger partial charge in [-0.15, -0.1) is 0 Å². The number of rotatable bonds is 8. The van der Waals surface area contributed by atoms with Gasteiger partial charge in [0.05, 0.1) is 32.2 Å². The van der Waals surface area contributed by atoms with Crippen LogP contribution in [-0.4, -0.2) is 63.5 Å². The highest BCUT2D eigenvalue weighted by atomic mass is 35.5. The standard InChI is InChI=1S/C19H22ClN7O5/c1-10(8-32-9-11-4-5-13(31-3)16(21)24-11)23-18(28)12-7-22-27-15(26(2)19(29)30)6-14(20)25-17(12)27/h4-7,10H,8-9H2,1-3H3,(H2,21,24)(H,23,28)(H,29,30)/t10-/m1/s1. The van der Waals surface area contributed by atoms with Crippen LogP contribution in [0.1, 0.15) is 23.0 Å². The van der Waals surface area contributed by atoms with Gasteiger partial charge in [0, 0.05) is 19.2 Å². The van der Waals surface area contributed by atoms with Crippen LogP contribution in [0, 0.1) is 0 Å². The van der Waals surface area contributed by atoms with E-state index >= 15 is 0 Å². The highest BCUT2D eigenvalue weighted by Gasteiger charge is 2.21. The lowest BCUT2D eigenvalue weighted by molar-refractivity contribution is 0.0814. The molecule has 0 unspecified atom stereocenters. The van der Waals surface area contributed by atoms with Crippen molar-refractivity contribution in [1.29, 1.82) is 0 Å². The summed E-state index contributed by atoms with van der Waals surface area (Å²) in [5.74, 6) is 0.437. The molecule has 4 N–H and O–H groups in total. The lowest BCUT2D eigenvalue weighted by Gasteiger charge is -2.15. The Balaban J connectivity index is 1.65. The van der Waals surface area contributed by atoms with Crippen LogP contribution < -0.4 is 20.7 Å². The Morgan fingerprint density at radius 3 is 2.78 bits per heavy atom. The number of nitrogen functional groups attached to an aromatic ring is 1. The summed E-state index contributed by atoms with van der Waals surface area (Å²) in [6, 6.07) is 4.42. The number of nitrogens with zero attached hydrogens (tertiary/aromatic N) is 5. The van der Waals surface area contributed by atoms with E-state index in [2.05, 4.69) is 20.4 Å². The second-order valence-corrected chi connectivity index (χ2v) is 7.24. The molecule has 12 nitrogen and oxygen atoms in total. The number of halogens is 1. The summed E-state index contributed by atoms with van der Waals surface area (Å²) in [5.41, 5.74) is 6.67. The van der Waals surface area contributed by atoms with Crippen LogP contribution in [0.15, 0.2) is 24.4 Å². The number of methoxy groups -OCH3 is 1. The molecule has 3 rings (SSSR count). The molecule has 0 aliphatic carbocycles. The average molecular weight is 464 g/mol. The van der Waals surface area contributed by atoms with E-state index < -0.39 is 12.0 Å². The SMILES string of the molecule is COc1ccc(COC[C@@H](C)NC(=O)c2cnn3c(N(C)C(=O)O)cc(Cl)nc23)nc1N. The molecule has 0 aliphatic heterocycles. The Labute approximate surface area is 187 Å². The number of carboxylic acid groups (broad SMARTS) is 1. The molecule has 0 aliphatic rings. The van der Waals surface area contributed by atoms with Crippen molar-refractivity contribution < 1.29 is 24.2 Å². The Bertz CT molecular complexity index is 1150. The molecule has 32 heavy (non-hydrogen) atoms. The lowest BCUT2D eigenvalue weighted by Crippen LogP contribution is -2.36. The number of anilines is 2. The Morgan fingerprint density at radius 2 is 2.12 bits per heavy atom. The Kier molecular flexibility index (Phi) is 6.95. The van der Waals surface area contributed by atoms with Gasteiger partial charge in [-0.25, -0.2) is 14.8 Å². The maximum atomic E-state index is 12.7. The predicted octanol–water partition coefficient (Wildman–Crippen LogP) is 1.82. The number of aromatic nitrogens is 4. The van der Waals surface area contributed by atoms with Gasteiger partial charge >= 0.3 is 6.09 Å². The van der Waals surface area contributed by atoms with E-state index in [9.17, 15) is 14.7 Å². The Morgan fingerprint density at radius 1 is 1.38 bits per heavy atom. The zero-order chi connectivity index (χ0) is 23.4. The first-order valence-corrected chi connectivity index (χ1v) is 9.78. The van der Waals surface area contributed by atoms with Crippen LogP contribution in [0.25, 0.3) is 5.65 Å². The summed E-state index contributed by atoms with van der Waals surface area (Å²) in [6.07, 6.45) is 0.0825. The summed E-state index contributed by atoms with van der Waals surface area (Å²) in [6.45, 7) is 2.18. The van der Waals surface area contributed by atoms with Crippen molar-refractivity contribution >= 4 is 40.9 Å². The third-order valence-corrected chi connectivity index (χ3v) is 4.65. The first-order valence-electron chi connectivity index (χ1n) is 9.40. The van der Waals surface area contributed by atoms with Gasteiger partial charge in [0.2, 0.25) is 0 Å². The minimum atomic E-state index is -1.21. The molecule has 0 radical (unpaired) electrons. The molecule has 0 fully saturated rings. The summed E-state index contributed by atoms with van der Waals surface area (Å²) < 4.78 is 11.9. The van der Waals surface area contributed by atoms with Crippen molar-refractivity contribution in [3.63, 3.8) is 0 Å². The molecular formula is C19H22ClN7O5. The van der Waals surface area contributed by atoms with Crippen molar-refractivity contribution in [3.8, 4) is 5.75 Å². The number of pyridine rings is 1. The lowest BCUT2D eigenvalue weighted by atomic mass is 10.2. The number of ether oxygens (including phenoxy) is 2. The van der Waals surface area contributed by atoms with Crippen molar-refractivity contribution in [2.24, 2.45) is 0 Å². The first kappa shape index (κ1) is 23.0. The van der Waals surface area contributed by atoms with E-state index in [-0.39, 0.29) is 47.3 Å². The Hall–Kier alpha value is -3.64. The number of hydrogen-bond donors (Lipinski definition) is 3. The number of carbonyl (C=O) groups excluding carboxylic acids is 1. The first-order chi connectivity index (χ1) is 15.2. The van der Waals surface area contributed by atoms with Crippen LogP contribution in [0.2, 0.25) is 5.15 Å². The molecule has 170 valence electrons. The van der Waals surface area contributed by atoms with Gasteiger partial charge in [-0.2, -0.15) is 9.61 Å². The van der Waals surface area contributed by atoms with E-state index in [0.717, 1.165) is 4.90 Å². The molecule has 0 spiro atoms. The van der Waals surface area contributed by atoms with Crippen LogP contribution in [0.5, 0.6) is 5.75 Å². The average Bonchev–Trinajstić information content (AvgIpc) is 3.16. The van der Waals surface area contributed by atoms with E-state index in [4.69, 9.17) is 26.8 Å². The third-order valence-electron chi connectivity index (χ3n) is 4.46. The zero-order valence-electron chi connectivity index (χ0n) is 17.6. The molecule has 3 heterocycles. The monoisotopic (exact) mass is 463 g/mol. The van der Waals surface area contributed by atoms with Gasteiger partial charge in [0.15, 0.2) is 17.2 Å². The van der Waals surface area contributed by atoms with Crippen LogP contribution in [-0.2, 0) is 11.3 Å². The smallest absolute Gasteiger partial charge is 0.412 e. The molecule has 3 aromatic heterocycles. The van der Waals surface area contributed by atoms with Gasteiger partial charge in [-0.05, 0) is 19.1 Å². The van der Waals surface area contributed by atoms with Gasteiger partial charge in [0.25, 0.3) is 5.91 Å². The van der Waals surface area contributed by atoms with Gasteiger partial charge in [-0.1, -0.05) is 11.6 Å². The molecule has 3 aromatic rings. The molecule has 0 bridgehead atoms. The molecule has 0 saturated carbocycles. The summed E-state index contributed by atoms with van der Waals surface area (Å²) in [4.78, 5) is 33.3. The van der Waals surface area contributed by atoms with Gasteiger partial charge < -0.3 is 25.6 Å². The third kappa shape index (κ3) is 4.98. The van der Waals surface area contributed by atoms with E-state index in [0.29, 0.717) is 11.4 Å². The second kappa shape index (κ2) is 9.66. The van der Waals surface area contributed by atoms with Gasteiger partial charge in [-0.3, -0.25) is 9.69 Å². The summed E-state index contributed by atoms with van der Waals surface area (Å²) in [7, 11) is 2.84. The van der Waals surface area contributed by atoms with Crippen molar-refractivity contribution in [2.45, 2.75) is 19.6 Å². The molecule has 0 saturated heterocycles. The summed E-state index contributed by atoms with van der Waals surface area (Å²) in [5, 5.41) is 16.1. The molecule has 2 amide bonds.